The number of carbonyl (C=O) groups is 1. The van der Waals surface area contributed by atoms with Gasteiger partial charge in [0, 0.05) is 6.07 Å². The molecule has 1 N–H and O–H groups in total. The van der Waals surface area contributed by atoms with Crippen LogP contribution in [0.5, 0.6) is 11.5 Å². The van der Waals surface area contributed by atoms with Crippen LogP contribution in [0.2, 0.25) is 0 Å². The number of benzene rings is 3. The second kappa shape index (κ2) is 7.73. The maximum absolute atomic E-state index is 14.2. The number of amides is 1. The summed E-state index contributed by atoms with van der Waals surface area (Å²) in [6, 6.07) is 11.9. The molecule has 28 heavy (non-hydrogen) atoms. The highest BCUT2D eigenvalue weighted by atomic mass is 32.2. The van der Waals surface area contributed by atoms with E-state index in [2.05, 4.69) is 0 Å². The van der Waals surface area contributed by atoms with Gasteiger partial charge in [-0.25, -0.2) is 26.3 Å². The van der Waals surface area contributed by atoms with E-state index in [0.29, 0.717) is 0 Å². The van der Waals surface area contributed by atoms with Crippen LogP contribution < -0.4 is 9.46 Å². The van der Waals surface area contributed by atoms with Gasteiger partial charge in [-0.1, -0.05) is 12.1 Å². The van der Waals surface area contributed by atoms with E-state index in [9.17, 15) is 26.4 Å². The molecule has 0 fully saturated rings. The highest BCUT2D eigenvalue weighted by Crippen LogP contribution is 2.29. The van der Waals surface area contributed by atoms with Gasteiger partial charge >= 0.3 is 0 Å². The molecule has 0 spiro atoms. The van der Waals surface area contributed by atoms with Crippen molar-refractivity contribution in [1.29, 1.82) is 0 Å². The monoisotopic (exact) mass is 407 g/mol. The normalized spacial score (nSPS) is 11.1. The van der Waals surface area contributed by atoms with Crippen molar-refractivity contribution < 1.29 is 31.1 Å². The van der Waals surface area contributed by atoms with Crippen LogP contribution in [-0.2, 0) is 10.0 Å². The zero-order valence-corrected chi connectivity index (χ0v) is 14.8. The van der Waals surface area contributed by atoms with Crippen molar-refractivity contribution in [1.82, 2.24) is 4.72 Å². The Bertz CT molecular complexity index is 1130. The summed E-state index contributed by atoms with van der Waals surface area (Å²) in [4.78, 5) is 12.1. The molecule has 1 amide bonds. The minimum Gasteiger partial charge on any atom is -0.453 e. The highest BCUT2D eigenvalue weighted by molar-refractivity contribution is 7.90. The Morgan fingerprint density at radius 2 is 1.54 bits per heavy atom. The molecule has 3 aromatic carbocycles. The lowest BCUT2D eigenvalue weighted by molar-refractivity contribution is 0.0978. The van der Waals surface area contributed by atoms with Gasteiger partial charge in [0.2, 0.25) is 0 Å². The molecule has 0 atom stereocenters. The molecule has 3 aromatic rings. The van der Waals surface area contributed by atoms with Crippen LogP contribution in [0.1, 0.15) is 10.4 Å². The van der Waals surface area contributed by atoms with E-state index < -0.39 is 44.7 Å². The zero-order chi connectivity index (χ0) is 20.3. The topological polar surface area (TPSA) is 72.5 Å². The fraction of sp³-hybridized carbons (Fsp3) is 0. The molecule has 144 valence electrons. The van der Waals surface area contributed by atoms with Crippen LogP contribution in [0.4, 0.5) is 13.2 Å². The Hall–Kier alpha value is -3.33. The van der Waals surface area contributed by atoms with Crippen molar-refractivity contribution in [3.8, 4) is 11.5 Å². The summed E-state index contributed by atoms with van der Waals surface area (Å²) in [5.41, 5.74) is -0.421. The van der Waals surface area contributed by atoms with Crippen LogP contribution in [-0.4, -0.2) is 14.3 Å². The number of carbonyl (C=O) groups excluding carboxylic acids is 1. The second-order valence-electron chi connectivity index (χ2n) is 5.56. The fourth-order valence-corrected chi connectivity index (χ4v) is 3.26. The molecule has 0 bridgehead atoms. The summed E-state index contributed by atoms with van der Waals surface area (Å²) in [5.74, 6) is -4.06. The molecular formula is C19H12F3NO4S. The number of para-hydroxylation sites is 1. The molecule has 9 heteroatoms. The molecule has 0 saturated carbocycles. The first kappa shape index (κ1) is 19.4. The average molecular weight is 407 g/mol. The molecule has 0 saturated heterocycles. The van der Waals surface area contributed by atoms with Crippen molar-refractivity contribution in [3.63, 3.8) is 0 Å². The van der Waals surface area contributed by atoms with Gasteiger partial charge in [-0.05, 0) is 48.5 Å². The number of halogens is 3. The summed E-state index contributed by atoms with van der Waals surface area (Å²) < 4.78 is 72.1. The quantitative estimate of drug-likeness (QED) is 0.694. The van der Waals surface area contributed by atoms with Gasteiger partial charge in [-0.15, -0.1) is 0 Å². The predicted octanol–water partition coefficient (Wildman–Crippen LogP) is 4.01. The number of ether oxygens (including phenoxy) is 1. The van der Waals surface area contributed by atoms with E-state index in [1.165, 1.54) is 18.2 Å². The van der Waals surface area contributed by atoms with Crippen molar-refractivity contribution >= 4 is 15.9 Å². The van der Waals surface area contributed by atoms with E-state index in [1.54, 1.807) is 4.72 Å². The van der Waals surface area contributed by atoms with Crippen molar-refractivity contribution in [2.45, 2.75) is 4.90 Å². The number of hydrogen-bond acceptors (Lipinski definition) is 4. The first-order valence-electron chi connectivity index (χ1n) is 7.81. The van der Waals surface area contributed by atoms with Gasteiger partial charge < -0.3 is 4.74 Å². The molecule has 0 radical (unpaired) electrons. The van der Waals surface area contributed by atoms with Crippen LogP contribution in [0.25, 0.3) is 0 Å². The van der Waals surface area contributed by atoms with Crippen LogP contribution >= 0.6 is 0 Å². The third-order valence-corrected chi connectivity index (χ3v) is 4.93. The van der Waals surface area contributed by atoms with Gasteiger partial charge in [0.25, 0.3) is 15.9 Å². The first-order valence-corrected chi connectivity index (χ1v) is 9.29. The van der Waals surface area contributed by atoms with Gasteiger partial charge in [0.15, 0.2) is 11.6 Å². The molecule has 5 nitrogen and oxygen atoms in total. The van der Waals surface area contributed by atoms with Crippen LogP contribution in [0.15, 0.2) is 71.6 Å². The highest BCUT2D eigenvalue weighted by Gasteiger charge is 2.23. The minimum atomic E-state index is -4.34. The largest absolute Gasteiger partial charge is 0.453 e. The number of hydrogen-bond donors (Lipinski definition) is 1. The molecule has 0 aliphatic heterocycles. The van der Waals surface area contributed by atoms with Gasteiger partial charge in [0.1, 0.15) is 17.4 Å². The van der Waals surface area contributed by atoms with E-state index in [0.717, 1.165) is 48.5 Å². The maximum Gasteiger partial charge on any atom is 0.268 e. The molecule has 0 aromatic heterocycles. The predicted molar refractivity (Wildman–Crippen MR) is 93.9 cm³/mol. The Labute approximate surface area is 158 Å². The van der Waals surface area contributed by atoms with Crippen molar-refractivity contribution in [2.75, 3.05) is 0 Å². The van der Waals surface area contributed by atoms with E-state index in [-0.39, 0.29) is 10.6 Å². The third kappa shape index (κ3) is 4.32. The summed E-state index contributed by atoms with van der Waals surface area (Å²) in [5, 5.41) is 0. The SMILES string of the molecule is O=C(NS(=O)(=O)c1ccc(F)cc1)c1cccc(F)c1Oc1cccc(F)c1. The molecule has 0 aliphatic carbocycles. The second-order valence-corrected chi connectivity index (χ2v) is 7.25. The van der Waals surface area contributed by atoms with E-state index >= 15 is 0 Å². The summed E-state index contributed by atoms with van der Waals surface area (Å²) in [6.45, 7) is 0. The van der Waals surface area contributed by atoms with Crippen molar-refractivity contribution in [2.24, 2.45) is 0 Å². The molecule has 0 unspecified atom stereocenters. The summed E-state index contributed by atoms with van der Waals surface area (Å²) in [7, 11) is -4.34. The smallest absolute Gasteiger partial charge is 0.268 e. The summed E-state index contributed by atoms with van der Waals surface area (Å²) in [6.07, 6.45) is 0. The van der Waals surface area contributed by atoms with E-state index in [4.69, 9.17) is 4.74 Å². The third-order valence-electron chi connectivity index (χ3n) is 3.58. The molecule has 3 rings (SSSR count). The number of nitrogens with one attached hydrogen (secondary N) is 1. The molecule has 0 aliphatic rings. The minimum absolute atomic E-state index is 0.0828. The maximum atomic E-state index is 14.2. The lowest BCUT2D eigenvalue weighted by Gasteiger charge is -2.13. The number of sulfonamides is 1. The Kier molecular flexibility index (Phi) is 5.36. The summed E-state index contributed by atoms with van der Waals surface area (Å²) >= 11 is 0. The Balaban J connectivity index is 1.92. The van der Waals surface area contributed by atoms with E-state index in [1.807, 2.05) is 0 Å². The molecular weight excluding hydrogens is 395 g/mol. The Morgan fingerprint density at radius 3 is 2.21 bits per heavy atom. The van der Waals surface area contributed by atoms with Gasteiger partial charge in [-0.3, -0.25) is 4.79 Å². The van der Waals surface area contributed by atoms with Crippen LogP contribution in [0, 0.1) is 17.5 Å². The van der Waals surface area contributed by atoms with Crippen LogP contribution in [0.3, 0.4) is 0 Å². The molecule has 0 heterocycles. The zero-order valence-electron chi connectivity index (χ0n) is 14.0. The lowest BCUT2D eigenvalue weighted by Crippen LogP contribution is -2.31. The number of rotatable bonds is 5. The standard InChI is InChI=1S/C19H12F3NO4S/c20-12-7-9-15(10-8-12)28(25,26)23-19(24)16-5-2-6-17(22)18(16)27-14-4-1-3-13(21)11-14/h1-11H,(H,23,24). The lowest BCUT2D eigenvalue weighted by atomic mass is 10.2. The first-order chi connectivity index (χ1) is 13.3. The average Bonchev–Trinajstić information content (AvgIpc) is 2.63. The van der Waals surface area contributed by atoms with Gasteiger partial charge in [0.05, 0.1) is 10.5 Å². The Morgan fingerprint density at radius 1 is 0.857 bits per heavy atom. The fourth-order valence-electron chi connectivity index (χ4n) is 2.29. The van der Waals surface area contributed by atoms with Crippen molar-refractivity contribution in [3.05, 3.63) is 89.7 Å². The van der Waals surface area contributed by atoms with Gasteiger partial charge in [-0.2, -0.15) is 0 Å².